The lowest BCUT2D eigenvalue weighted by Crippen LogP contribution is -2.36. The summed E-state index contributed by atoms with van der Waals surface area (Å²) in [7, 11) is 0. The van der Waals surface area contributed by atoms with E-state index in [1.807, 2.05) is 0 Å². The van der Waals surface area contributed by atoms with Gasteiger partial charge in [0.25, 0.3) is 5.91 Å². The number of pyridine rings is 1. The number of aromatic nitrogens is 1. The fourth-order valence-electron chi connectivity index (χ4n) is 1.71. The van der Waals surface area contributed by atoms with Crippen molar-refractivity contribution in [3.8, 4) is 0 Å². The van der Waals surface area contributed by atoms with Crippen molar-refractivity contribution >= 4 is 16.8 Å². The third-order valence-corrected chi connectivity index (χ3v) is 2.74. The normalized spacial score (nSPS) is 12.3. The molecule has 100 valence electrons. The summed E-state index contributed by atoms with van der Waals surface area (Å²) in [5, 5.41) is 20.6. The molecule has 0 aliphatic heterocycles. The predicted octanol–water partition coefficient (Wildman–Crippen LogP) is -0.389. The minimum Gasteiger partial charge on any atom is -0.394 e. The van der Waals surface area contributed by atoms with Crippen molar-refractivity contribution in [1.29, 1.82) is 0 Å². The second-order valence-electron chi connectivity index (χ2n) is 4.12. The van der Waals surface area contributed by atoms with Crippen LogP contribution in [0, 0.1) is 0 Å². The van der Waals surface area contributed by atoms with Crippen LogP contribution < -0.4 is 10.7 Å². The molecule has 0 saturated heterocycles. The van der Waals surface area contributed by atoms with E-state index in [0.717, 1.165) is 0 Å². The number of benzene rings is 1. The first kappa shape index (κ1) is 13.3. The molecule has 1 amide bonds. The first-order valence-corrected chi connectivity index (χ1v) is 5.81. The van der Waals surface area contributed by atoms with Crippen molar-refractivity contribution in [2.75, 3.05) is 13.2 Å². The van der Waals surface area contributed by atoms with E-state index < -0.39 is 18.6 Å². The van der Waals surface area contributed by atoms with Crippen LogP contribution >= 0.6 is 0 Å². The van der Waals surface area contributed by atoms with E-state index in [1.165, 1.54) is 6.20 Å². The van der Waals surface area contributed by atoms with Crippen LogP contribution in [0.1, 0.15) is 10.4 Å². The molecule has 0 aliphatic rings. The highest BCUT2D eigenvalue weighted by Gasteiger charge is 2.13. The van der Waals surface area contributed by atoms with Crippen molar-refractivity contribution in [3.05, 3.63) is 46.2 Å². The van der Waals surface area contributed by atoms with E-state index in [2.05, 4.69) is 10.3 Å². The topological polar surface area (TPSA) is 102 Å². The van der Waals surface area contributed by atoms with E-state index in [1.54, 1.807) is 24.3 Å². The molecule has 0 aliphatic carbocycles. The standard InChI is InChI=1S/C13H14N2O4/c16-7-8(17)5-15-13(19)10-6-14-11-4-2-1-3-9(11)12(10)18/h1-4,6,8,16-17H,5,7H2,(H,14,18)(H,15,19). The van der Waals surface area contributed by atoms with Crippen LogP contribution in [0.4, 0.5) is 0 Å². The zero-order valence-electron chi connectivity index (χ0n) is 10.1. The average molecular weight is 262 g/mol. The average Bonchev–Trinajstić information content (AvgIpc) is 2.45. The third-order valence-electron chi connectivity index (χ3n) is 2.74. The van der Waals surface area contributed by atoms with Gasteiger partial charge in [0.1, 0.15) is 5.56 Å². The van der Waals surface area contributed by atoms with E-state index >= 15 is 0 Å². The van der Waals surface area contributed by atoms with Crippen molar-refractivity contribution in [1.82, 2.24) is 10.3 Å². The van der Waals surface area contributed by atoms with Gasteiger partial charge in [-0.25, -0.2) is 0 Å². The number of aliphatic hydroxyl groups excluding tert-OH is 2. The fourth-order valence-corrected chi connectivity index (χ4v) is 1.71. The summed E-state index contributed by atoms with van der Waals surface area (Å²) < 4.78 is 0. The van der Waals surface area contributed by atoms with Gasteiger partial charge in [-0.2, -0.15) is 0 Å². The molecule has 2 rings (SSSR count). The molecule has 0 radical (unpaired) electrons. The van der Waals surface area contributed by atoms with E-state index in [0.29, 0.717) is 10.9 Å². The molecule has 1 atom stereocenters. The lowest BCUT2D eigenvalue weighted by molar-refractivity contribution is 0.0801. The van der Waals surface area contributed by atoms with Gasteiger partial charge in [-0.15, -0.1) is 0 Å². The lowest BCUT2D eigenvalue weighted by atomic mass is 10.1. The molecule has 0 bridgehead atoms. The maximum Gasteiger partial charge on any atom is 0.256 e. The molecular weight excluding hydrogens is 248 g/mol. The van der Waals surface area contributed by atoms with Crippen molar-refractivity contribution in [2.24, 2.45) is 0 Å². The second kappa shape index (κ2) is 5.64. The number of amides is 1. The molecule has 19 heavy (non-hydrogen) atoms. The van der Waals surface area contributed by atoms with Crippen LogP contribution in [0.15, 0.2) is 35.3 Å². The molecule has 1 unspecified atom stereocenters. The number of nitrogens with one attached hydrogen (secondary N) is 2. The van der Waals surface area contributed by atoms with Crippen LogP contribution in [0.2, 0.25) is 0 Å². The third kappa shape index (κ3) is 2.81. The smallest absolute Gasteiger partial charge is 0.256 e. The van der Waals surface area contributed by atoms with Crippen molar-refractivity contribution < 1.29 is 15.0 Å². The van der Waals surface area contributed by atoms with Crippen LogP contribution in [-0.4, -0.2) is 40.4 Å². The monoisotopic (exact) mass is 262 g/mol. The molecule has 4 N–H and O–H groups in total. The van der Waals surface area contributed by atoms with Crippen LogP contribution in [-0.2, 0) is 0 Å². The second-order valence-corrected chi connectivity index (χ2v) is 4.12. The van der Waals surface area contributed by atoms with E-state index in [9.17, 15) is 9.59 Å². The number of rotatable bonds is 4. The number of carbonyl (C=O) groups excluding carboxylic acids is 1. The number of carbonyl (C=O) groups is 1. The summed E-state index contributed by atoms with van der Waals surface area (Å²) in [6.07, 6.45) is 0.300. The Hall–Kier alpha value is -2.18. The highest BCUT2D eigenvalue weighted by atomic mass is 16.3. The van der Waals surface area contributed by atoms with Gasteiger partial charge in [0, 0.05) is 23.6 Å². The molecule has 0 saturated carbocycles. The first-order chi connectivity index (χ1) is 9.13. The molecular formula is C13H14N2O4. The highest BCUT2D eigenvalue weighted by molar-refractivity contribution is 5.97. The number of H-pyrrole nitrogens is 1. The Morgan fingerprint density at radius 3 is 2.84 bits per heavy atom. The van der Waals surface area contributed by atoms with Crippen LogP contribution in [0.25, 0.3) is 10.9 Å². The largest absolute Gasteiger partial charge is 0.394 e. The van der Waals surface area contributed by atoms with Gasteiger partial charge < -0.3 is 20.5 Å². The van der Waals surface area contributed by atoms with Gasteiger partial charge in [-0.3, -0.25) is 9.59 Å². The van der Waals surface area contributed by atoms with Gasteiger partial charge in [-0.1, -0.05) is 12.1 Å². The number of para-hydroxylation sites is 1. The van der Waals surface area contributed by atoms with E-state index in [-0.39, 0.29) is 17.5 Å². The Morgan fingerprint density at radius 1 is 1.37 bits per heavy atom. The SMILES string of the molecule is O=C(NCC(O)CO)c1c[nH]c2ccccc2c1=O. The molecule has 1 aromatic carbocycles. The quantitative estimate of drug-likeness (QED) is 0.602. The lowest BCUT2D eigenvalue weighted by Gasteiger charge is -2.09. The predicted molar refractivity (Wildman–Crippen MR) is 70.0 cm³/mol. The van der Waals surface area contributed by atoms with Gasteiger partial charge in [-0.05, 0) is 12.1 Å². The van der Waals surface area contributed by atoms with Gasteiger partial charge in [0.05, 0.1) is 12.7 Å². The zero-order valence-corrected chi connectivity index (χ0v) is 10.1. The van der Waals surface area contributed by atoms with Gasteiger partial charge in [0.15, 0.2) is 0 Å². The molecule has 6 heteroatoms. The maximum atomic E-state index is 12.1. The van der Waals surface area contributed by atoms with Crippen LogP contribution in [0.5, 0.6) is 0 Å². The molecule has 0 fully saturated rings. The zero-order chi connectivity index (χ0) is 13.8. The molecule has 1 aromatic heterocycles. The Labute approximate surface area is 108 Å². The highest BCUT2D eigenvalue weighted by Crippen LogP contribution is 2.06. The number of aliphatic hydroxyl groups is 2. The van der Waals surface area contributed by atoms with E-state index in [4.69, 9.17) is 10.2 Å². The minimum atomic E-state index is -1.04. The maximum absolute atomic E-state index is 12.1. The molecule has 6 nitrogen and oxygen atoms in total. The Kier molecular flexibility index (Phi) is 3.94. The number of hydrogen-bond donors (Lipinski definition) is 4. The first-order valence-electron chi connectivity index (χ1n) is 5.81. The summed E-state index contributed by atoms with van der Waals surface area (Å²) in [6.45, 7) is -0.560. The fraction of sp³-hybridized carbons (Fsp3) is 0.231. The van der Waals surface area contributed by atoms with Crippen molar-refractivity contribution in [3.63, 3.8) is 0 Å². The molecule has 0 spiro atoms. The summed E-state index contributed by atoms with van der Waals surface area (Å²) in [5.74, 6) is -0.584. The minimum absolute atomic E-state index is 0.0242. The summed E-state index contributed by atoms with van der Waals surface area (Å²) in [6, 6.07) is 6.88. The number of fused-ring (bicyclic) bond motifs is 1. The number of hydrogen-bond acceptors (Lipinski definition) is 4. The summed E-state index contributed by atoms with van der Waals surface area (Å²) in [5.41, 5.74) is 0.258. The Morgan fingerprint density at radius 2 is 2.11 bits per heavy atom. The molecule has 2 aromatic rings. The Bertz CT molecular complexity index is 650. The Balaban J connectivity index is 2.28. The molecule has 1 heterocycles. The summed E-state index contributed by atoms with van der Waals surface area (Å²) in [4.78, 5) is 26.8. The van der Waals surface area contributed by atoms with Gasteiger partial charge >= 0.3 is 0 Å². The van der Waals surface area contributed by atoms with Gasteiger partial charge in [0.2, 0.25) is 5.43 Å². The number of aromatic amines is 1. The van der Waals surface area contributed by atoms with Crippen molar-refractivity contribution in [2.45, 2.75) is 6.10 Å². The van der Waals surface area contributed by atoms with Crippen LogP contribution in [0.3, 0.4) is 0 Å². The summed E-state index contributed by atoms with van der Waals surface area (Å²) >= 11 is 0.